The van der Waals surface area contributed by atoms with Crippen LogP contribution in [0, 0.1) is 0 Å². The van der Waals surface area contributed by atoms with Gasteiger partial charge in [0.25, 0.3) is 0 Å². The van der Waals surface area contributed by atoms with Crippen molar-refractivity contribution in [3.05, 3.63) is 48.8 Å². The van der Waals surface area contributed by atoms with Crippen LogP contribution in [0.1, 0.15) is 0 Å². The van der Waals surface area contributed by atoms with E-state index in [1.807, 2.05) is 47.2 Å². The van der Waals surface area contributed by atoms with Gasteiger partial charge in [0.15, 0.2) is 6.21 Å². The molecule has 1 aromatic carbocycles. The van der Waals surface area contributed by atoms with E-state index in [1.54, 1.807) is 12.4 Å². The summed E-state index contributed by atoms with van der Waals surface area (Å²) in [5.74, 6) is 2.80. The summed E-state index contributed by atoms with van der Waals surface area (Å²) >= 11 is 0. The molecule has 0 atom stereocenters. The average Bonchev–Trinajstić information content (AvgIpc) is 2.47. The van der Waals surface area contributed by atoms with Gasteiger partial charge in [0.2, 0.25) is 11.9 Å². The molecule has 0 N–H and O–H groups in total. The lowest BCUT2D eigenvalue weighted by atomic mass is 10.3. The molecule has 0 unspecified atom stereocenters. The molecule has 62 valence electrons. The number of aliphatic imine (C=N–C) groups is 1. The number of benzene rings is 1. The third-order valence-electron chi connectivity index (χ3n) is 1.73. The number of hydrogen-bond acceptors (Lipinski definition) is 1. The summed E-state index contributed by atoms with van der Waals surface area (Å²) in [6.45, 7) is 0. The van der Waals surface area contributed by atoms with E-state index in [0.717, 1.165) is 5.69 Å². The third-order valence-corrected chi connectivity index (χ3v) is 1.73. The van der Waals surface area contributed by atoms with Gasteiger partial charge in [-0.15, -0.1) is 0 Å². The topological polar surface area (TPSA) is 15.4 Å². The normalized spacial score (nSPS) is 14.0. The van der Waals surface area contributed by atoms with Crippen molar-refractivity contribution in [2.45, 2.75) is 0 Å². The average molecular weight is 169 g/mol. The number of hydrogen-bond donors (Lipinski definition) is 0. The Hall–Kier alpha value is -1.92. The molecular weight excluding hydrogens is 160 g/mol. The Morgan fingerprint density at radius 3 is 2.85 bits per heavy atom. The van der Waals surface area contributed by atoms with Crippen molar-refractivity contribution >= 4 is 17.8 Å². The molecule has 2 heteroatoms. The molecule has 0 amide bonds. The van der Waals surface area contributed by atoms with Gasteiger partial charge in [-0.25, -0.2) is 4.99 Å². The molecule has 0 bridgehead atoms. The fraction of sp³-hybridized carbons (Fsp3) is 0. The van der Waals surface area contributed by atoms with Gasteiger partial charge in [-0.05, 0) is 0 Å². The zero-order valence-corrected chi connectivity index (χ0v) is 7.09. The first-order valence-corrected chi connectivity index (χ1v) is 4.09. The molecule has 13 heavy (non-hydrogen) atoms. The number of nitrogens with zero attached hydrogens (tertiary/aromatic N) is 2. The van der Waals surface area contributed by atoms with Crippen LogP contribution in [0.5, 0.6) is 0 Å². The van der Waals surface area contributed by atoms with E-state index >= 15 is 0 Å². The van der Waals surface area contributed by atoms with Gasteiger partial charge >= 0.3 is 0 Å². The van der Waals surface area contributed by atoms with Crippen molar-refractivity contribution in [2.24, 2.45) is 4.99 Å². The first kappa shape index (κ1) is 7.71. The summed E-state index contributed by atoms with van der Waals surface area (Å²) in [4.78, 5) is 3.89. The lowest BCUT2D eigenvalue weighted by Crippen LogP contribution is -1.95. The molecule has 0 aromatic heterocycles. The summed E-state index contributed by atoms with van der Waals surface area (Å²) in [6.07, 6.45) is 7.33. The van der Waals surface area contributed by atoms with Crippen molar-refractivity contribution in [3.8, 4) is 0 Å². The molecule has 1 heterocycles. The van der Waals surface area contributed by atoms with Gasteiger partial charge in [0.1, 0.15) is 0 Å². The first-order chi connectivity index (χ1) is 6.47. The molecule has 1 aliphatic heterocycles. The summed E-state index contributed by atoms with van der Waals surface area (Å²) in [5.41, 5.74) is 1.11. The molecule has 0 spiro atoms. The first-order valence-electron chi connectivity index (χ1n) is 4.09. The Morgan fingerprint density at radius 2 is 2.00 bits per heavy atom. The highest BCUT2D eigenvalue weighted by atomic mass is 15.0. The molecule has 0 saturated heterocycles. The van der Waals surface area contributed by atoms with Gasteiger partial charge in [-0.1, -0.05) is 18.2 Å². The predicted octanol–water partition coefficient (Wildman–Crippen LogP) is 2.11. The molecular formula is C11H9N2+. The SMILES string of the molecule is C1=C[N+](c2ccccc2)=CC=CN=1. The minimum Gasteiger partial charge on any atom is -0.208 e. The van der Waals surface area contributed by atoms with Crippen LogP contribution in [-0.2, 0) is 0 Å². The lowest BCUT2D eigenvalue weighted by molar-refractivity contribution is -0.350. The highest BCUT2D eigenvalue weighted by molar-refractivity contribution is 5.70. The lowest BCUT2D eigenvalue weighted by Gasteiger charge is -1.91. The Bertz CT molecular complexity index is 407. The monoisotopic (exact) mass is 169 g/mol. The van der Waals surface area contributed by atoms with E-state index < -0.39 is 0 Å². The van der Waals surface area contributed by atoms with E-state index in [0.29, 0.717) is 0 Å². The maximum Gasteiger partial charge on any atom is 0.237 e. The van der Waals surface area contributed by atoms with Crippen LogP contribution >= 0.6 is 0 Å². The molecule has 1 aromatic rings. The van der Waals surface area contributed by atoms with Crippen molar-refractivity contribution in [2.75, 3.05) is 0 Å². The van der Waals surface area contributed by atoms with Crippen molar-refractivity contribution in [1.29, 1.82) is 0 Å². The van der Waals surface area contributed by atoms with Gasteiger partial charge in [0.05, 0.1) is 5.87 Å². The summed E-state index contributed by atoms with van der Waals surface area (Å²) in [6, 6.07) is 10.1. The standard InChI is InChI=1S/C11H9N2/c1-2-5-11(6-3-1)13-9-4-7-12-8-10-13/h1-7,9-10H/q+1. The van der Waals surface area contributed by atoms with Gasteiger partial charge < -0.3 is 0 Å². The van der Waals surface area contributed by atoms with Gasteiger partial charge in [0, 0.05) is 24.4 Å². The smallest absolute Gasteiger partial charge is 0.208 e. The van der Waals surface area contributed by atoms with Crippen LogP contribution in [0.25, 0.3) is 0 Å². The van der Waals surface area contributed by atoms with Crippen molar-refractivity contribution < 1.29 is 4.58 Å². The zero-order chi connectivity index (χ0) is 8.93. The second-order valence-electron chi connectivity index (χ2n) is 2.62. The second-order valence-corrected chi connectivity index (χ2v) is 2.62. The summed E-state index contributed by atoms with van der Waals surface area (Å²) < 4.78 is 1.97. The Kier molecular flexibility index (Phi) is 2.17. The van der Waals surface area contributed by atoms with Crippen LogP contribution in [0.2, 0.25) is 0 Å². The molecule has 0 radical (unpaired) electrons. The van der Waals surface area contributed by atoms with Crippen LogP contribution in [0.15, 0.2) is 53.8 Å². The minimum absolute atomic E-state index is 1.11. The highest BCUT2D eigenvalue weighted by Gasteiger charge is 2.02. The van der Waals surface area contributed by atoms with Crippen LogP contribution in [0.3, 0.4) is 0 Å². The Labute approximate surface area is 76.9 Å². The fourth-order valence-electron chi connectivity index (χ4n) is 1.12. The van der Waals surface area contributed by atoms with Gasteiger partial charge in [-0.2, -0.15) is 4.58 Å². The fourth-order valence-corrected chi connectivity index (χ4v) is 1.12. The van der Waals surface area contributed by atoms with E-state index in [1.165, 1.54) is 0 Å². The van der Waals surface area contributed by atoms with E-state index in [4.69, 9.17) is 0 Å². The molecule has 0 aliphatic carbocycles. The molecule has 0 fully saturated rings. The number of rotatable bonds is 1. The van der Waals surface area contributed by atoms with Crippen LogP contribution in [0.4, 0.5) is 5.69 Å². The second kappa shape index (κ2) is 3.65. The highest BCUT2D eigenvalue weighted by Crippen LogP contribution is 2.09. The third kappa shape index (κ3) is 1.81. The maximum atomic E-state index is 3.89. The van der Waals surface area contributed by atoms with Gasteiger partial charge in [-0.3, -0.25) is 0 Å². The largest absolute Gasteiger partial charge is 0.237 e. The Morgan fingerprint density at radius 1 is 1.15 bits per heavy atom. The van der Waals surface area contributed by atoms with E-state index in [-0.39, 0.29) is 0 Å². The molecule has 1 aliphatic rings. The van der Waals surface area contributed by atoms with Crippen molar-refractivity contribution in [3.63, 3.8) is 0 Å². The molecule has 2 rings (SSSR count). The zero-order valence-electron chi connectivity index (χ0n) is 7.09. The predicted molar refractivity (Wildman–Crippen MR) is 53.6 cm³/mol. The summed E-state index contributed by atoms with van der Waals surface area (Å²) in [5, 5.41) is 0. The maximum absolute atomic E-state index is 3.89. The van der Waals surface area contributed by atoms with E-state index in [2.05, 4.69) is 10.9 Å². The number of allylic oxidation sites excluding steroid dienone is 1. The van der Waals surface area contributed by atoms with Crippen LogP contribution in [-0.4, -0.2) is 16.7 Å². The Balaban J connectivity index is 2.42. The number of para-hydroxylation sites is 1. The van der Waals surface area contributed by atoms with E-state index in [9.17, 15) is 0 Å². The van der Waals surface area contributed by atoms with Crippen LogP contribution < -0.4 is 0 Å². The van der Waals surface area contributed by atoms with Crippen molar-refractivity contribution in [1.82, 2.24) is 0 Å². The molecule has 0 saturated carbocycles. The minimum atomic E-state index is 1.11. The molecule has 2 nitrogen and oxygen atoms in total. The quantitative estimate of drug-likeness (QED) is 0.572. The summed E-state index contributed by atoms with van der Waals surface area (Å²) in [7, 11) is 0.